The van der Waals surface area contributed by atoms with E-state index in [1.54, 1.807) is 52.8 Å². The van der Waals surface area contributed by atoms with Crippen LogP contribution in [0.25, 0.3) is 22.6 Å². The summed E-state index contributed by atoms with van der Waals surface area (Å²) in [5, 5.41) is 4.34. The lowest BCUT2D eigenvalue weighted by Gasteiger charge is -2.09. The number of carbonyl (C=O) groups is 1. The molecular weight excluding hydrogens is 460 g/mol. The Morgan fingerprint density at radius 3 is 2.47 bits per heavy atom. The van der Waals surface area contributed by atoms with Crippen LogP contribution >= 0.6 is 0 Å². The van der Waals surface area contributed by atoms with Crippen LogP contribution in [0.5, 0.6) is 0 Å². The molecular formula is C26H28N6O4. The topological polar surface area (TPSA) is 117 Å². The first kappa shape index (κ1) is 24.7. The van der Waals surface area contributed by atoms with E-state index in [9.17, 15) is 14.4 Å². The number of nitrogens with one attached hydrogen (secondary N) is 1. The molecule has 0 bridgehead atoms. The fraction of sp³-hybridized carbons (Fsp3) is 0.346. The largest absolute Gasteiger partial charge is 0.462 e. The molecule has 36 heavy (non-hydrogen) atoms. The van der Waals surface area contributed by atoms with Gasteiger partial charge in [0.25, 0.3) is 5.56 Å². The quantitative estimate of drug-likeness (QED) is 0.301. The van der Waals surface area contributed by atoms with Crippen LogP contribution in [-0.4, -0.2) is 41.5 Å². The molecule has 1 N–H and O–H groups in total. The van der Waals surface area contributed by atoms with Crippen molar-refractivity contribution in [3.05, 3.63) is 68.6 Å². The normalized spacial score (nSPS) is 10.9. The maximum absolute atomic E-state index is 12.9. The van der Waals surface area contributed by atoms with Crippen molar-refractivity contribution in [2.75, 3.05) is 6.61 Å². The summed E-state index contributed by atoms with van der Waals surface area (Å²) in [6.45, 7) is 7.16. The number of H-pyrrole nitrogens is 1. The Balaban J connectivity index is 1.56. The molecule has 3 heterocycles. The van der Waals surface area contributed by atoms with Gasteiger partial charge in [-0.1, -0.05) is 25.7 Å². The number of nitrogens with zero attached hydrogens (tertiary/aromatic N) is 5. The van der Waals surface area contributed by atoms with Crippen LogP contribution in [0.1, 0.15) is 49.5 Å². The molecule has 1 aromatic carbocycles. The molecule has 0 atom stereocenters. The fourth-order valence-electron chi connectivity index (χ4n) is 3.85. The summed E-state index contributed by atoms with van der Waals surface area (Å²) in [5.74, 6) is 6.21. The fourth-order valence-corrected chi connectivity index (χ4v) is 3.85. The van der Waals surface area contributed by atoms with Crippen molar-refractivity contribution < 1.29 is 9.53 Å². The highest BCUT2D eigenvalue weighted by Crippen LogP contribution is 2.18. The van der Waals surface area contributed by atoms with Crippen LogP contribution in [-0.2, 0) is 24.4 Å². The number of hydrogen-bond donors (Lipinski definition) is 1. The van der Waals surface area contributed by atoms with Gasteiger partial charge in [-0.25, -0.2) is 14.6 Å². The molecule has 0 aliphatic heterocycles. The molecule has 4 rings (SSSR count). The van der Waals surface area contributed by atoms with E-state index in [0.717, 1.165) is 12.0 Å². The van der Waals surface area contributed by atoms with Crippen LogP contribution in [0.2, 0.25) is 0 Å². The predicted octanol–water partition coefficient (Wildman–Crippen LogP) is 2.80. The Morgan fingerprint density at radius 1 is 1.06 bits per heavy atom. The molecule has 0 saturated heterocycles. The number of ether oxygens (including phenoxy) is 1. The number of esters is 1. The van der Waals surface area contributed by atoms with E-state index in [0.29, 0.717) is 60.8 Å². The molecule has 186 valence electrons. The summed E-state index contributed by atoms with van der Waals surface area (Å²) in [4.78, 5) is 45.2. The van der Waals surface area contributed by atoms with Crippen molar-refractivity contribution in [1.29, 1.82) is 0 Å². The van der Waals surface area contributed by atoms with Gasteiger partial charge in [-0.3, -0.25) is 18.6 Å². The van der Waals surface area contributed by atoms with E-state index >= 15 is 0 Å². The average molecular weight is 489 g/mol. The molecule has 0 radical (unpaired) electrons. The van der Waals surface area contributed by atoms with Gasteiger partial charge < -0.3 is 9.72 Å². The lowest BCUT2D eigenvalue weighted by atomic mass is 10.1. The molecule has 0 aliphatic rings. The number of fused-ring (bicyclic) bond motifs is 1. The summed E-state index contributed by atoms with van der Waals surface area (Å²) < 4.78 is 9.46. The Morgan fingerprint density at radius 2 is 1.78 bits per heavy atom. The zero-order chi connectivity index (χ0) is 25.7. The molecule has 0 unspecified atom stereocenters. The van der Waals surface area contributed by atoms with Crippen molar-refractivity contribution in [2.45, 2.75) is 53.2 Å². The standard InChI is InChI=1S/C26H28N6O4/c1-4-13-31-23-21(24(33)32(14-5-2)26(31)35)28-22(29-23)20-16-27-30(17-20)15-7-8-18-9-11-19(12-10-18)25(34)36-6-3/h9-12,16-17H,4-6,13-15H2,1-3H3,(H,28,29). The number of aromatic nitrogens is 6. The SMILES string of the molecule is CCCn1c(=O)c2[nH]c(-c3cnn(CC#Cc4ccc(C(=O)OCC)cc4)c3)nc2n(CCC)c1=O. The maximum Gasteiger partial charge on any atom is 0.338 e. The smallest absolute Gasteiger partial charge is 0.338 e. The number of imidazole rings is 1. The van der Waals surface area contributed by atoms with Gasteiger partial charge in [0.15, 0.2) is 5.65 Å². The Labute approximate surface area is 207 Å². The Hall–Kier alpha value is -4.39. The molecule has 10 heteroatoms. The highest BCUT2D eigenvalue weighted by atomic mass is 16.5. The van der Waals surface area contributed by atoms with E-state index in [2.05, 4.69) is 26.9 Å². The van der Waals surface area contributed by atoms with Crippen molar-refractivity contribution in [1.82, 2.24) is 28.9 Å². The van der Waals surface area contributed by atoms with Gasteiger partial charge in [0.2, 0.25) is 0 Å². The zero-order valence-corrected chi connectivity index (χ0v) is 20.6. The van der Waals surface area contributed by atoms with Crippen molar-refractivity contribution in [3.8, 4) is 23.2 Å². The minimum absolute atomic E-state index is 0.310. The van der Waals surface area contributed by atoms with E-state index in [1.165, 1.54) is 4.57 Å². The van der Waals surface area contributed by atoms with E-state index in [-0.39, 0.29) is 17.2 Å². The molecule has 10 nitrogen and oxygen atoms in total. The second-order valence-electron chi connectivity index (χ2n) is 8.20. The molecule has 3 aromatic heterocycles. The Bertz CT molecular complexity index is 1560. The van der Waals surface area contributed by atoms with Crippen molar-refractivity contribution >= 4 is 17.1 Å². The van der Waals surface area contributed by atoms with Crippen molar-refractivity contribution in [2.24, 2.45) is 0 Å². The van der Waals surface area contributed by atoms with Crippen LogP contribution in [0.4, 0.5) is 0 Å². The van der Waals surface area contributed by atoms with Crippen LogP contribution in [0.3, 0.4) is 0 Å². The first-order valence-corrected chi connectivity index (χ1v) is 12.0. The average Bonchev–Trinajstić information content (AvgIpc) is 3.53. The van der Waals surface area contributed by atoms with Gasteiger partial charge in [0.05, 0.1) is 23.9 Å². The molecule has 0 saturated carbocycles. The highest BCUT2D eigenvalue weighted by Gasteiger charge is 2.18. The van der Waals surface area contributed by atoms with Crippen LogP contribution in [0, 0.1) is 11.8 Å². The minimum atomic E-state index is -0.366. The van der Waals surface area contributed by atoms with Gasteiger partial charge in [-0.05, 0) is 44.0 Å². The third-order valence-electron chi connectivity index (χ3n) is 5.53. The molecule has 0 fully saturated rings. The number of aromatic amines is 1. The second-order valence-corrected chi connectivity index (χ2v) is 8.20. The number of rotatable bonds is 8. The van der Waals surface area contributed by atoms with Gasteiger partial charge in [0, 0.05) is 24.8 Å². The minimum Gasteiger partial charge on any atom is -0.462 e. The first-order valence-electron chi connectivity index (χ1n) is 12.0. The van der Waals surface area contributed by atoms with Gasteiger partial charge in [0.1, 0.15) is 17.9 Å². The van der Waals surface area contributed by atoms with Crippen LogP contribution < -0.4 is 11.2 Å². The van der Waals surface area contributed by atoms with Crippen LogP contribution in [0.15, 0.2) is 46.2 Å². The molecule has 0 aliphatic carbocycles. The second kappa shape index (κ2) is 10.9. The predicted molar refractivity (Wildman–Crippen MR) is 136 cm³/mol. The zero-order valence-electron chi connectivity index (χ0n) is 20.6. The summed E-state index contributed by atoms with van der Waals surface area (Å²) in [6.07, 6.45) is 4.84. The summed E-state index contributed by atoms with van der Waals surface area (Å²) in [7, 11) is 0. The maximum atomic E-state index is 12.9. The molecule has 0 amide bonds. The Kier molecular flexibility index (Phi) is 7.49. The summed E-state index contributed by atoms with van der Waals surface area (Å²) >= 11 is 0. The van der Waals surface area contributed by atoms with Crippen molar-refractivity contribution in [3.63, 3.8) is 0 Å². The van der Waals surface area contributed by atoms with Gasteiger partial charge in [-0.15, -0.1) is 0 Å². The lowest BCUT2D eigenvalue weighted by Crippen LogP contribution is -2.40. The number of hydrogen-bond acceptors (Lipinski definition) is 6. The van der Waals surface area contributed by atoms with E-state index < -0.39 is 0 Å². The van der Waals surface area contributed by atoms with Gasteiger partial charge in [-0.2, -0.15) is 5.10 Å². The third kappa shape index (κ3) is 5.00. The van der Waals surface area contributed by atoms with Gasteiger partial charge >= 0.3 is 11.7 Å². The summed E-state index contributed by atoms with van der Waals surface area (Å²) in [5.41, 5.74) is 1.90. The van der Waals surface area contributed by atoms with E-state index in [1.807, 2.05) is 13.8 Å². The number of benzene rings is 1. The third-order valence-corrected chi connectivity index (χ3v) is 5.53. The molecule has 4 aromatic rings. The molecule has 0 spiro atoms. The highest BCUT2D eigenvalue weighted by molar-refractivity contribution is 5.89. The monoisotopic (exact) mass is 488 g/mol. The lowest BCUT2D eigenvalue weighted by molar-refractivity contribution is 0.0526. The summed E-state index contributed by atoms with van der Waals surface area (Å²) in [6, 6.07) is 6.90. The van der Waals surface area contributed by atoms with E-state index in [4.69, 9.17) is 4.74 Å². The first-order chi connectivity index (χ1) is 17.5. The number of aryl methyl sites for hydroxylation is 1. The number of carbonyl (C=O) groups excluding carboxylic acids is 1.